The van der Waals surface area contributed by atoms with Crippen molar-refractivity contribution < 1.29 is 0 Å². The van der Waals surface area contributed by atoms with Crippen molar-refractivity contribution >= 4 is 45.5 Å². The Balaban J connectivity index is 3.08. The third-order valence-corrected chi connectivity index (χ3v) is 2.80. The lowest BCUT2D eigenvalue weighted by molar-refractivity contribution is 0.841. The van der Waals surface area contributed by atoms with Crippen LogP contribution in [0.3, 0.4) is 0 Å². The molecule has 0 aliphatic heterocycles. The molecule has 2 aromatic rings. The first-order valence-electron chi connectivity index (χ1n) is 3.49. The van der Waals surface area contributed by atoms with Crippen LogP contribution in [0.1, 0.15) is 0 Å². The summed E-state index contributed by atoms with van der Waals surface area (Å²) < 4.78 is 3.11. The van der Waals surface area contributed by atoms with Gasteiger partial charge in [0.05, 0.1) is 34.2 Å². The van der Waals surface area contributed by atoms with Crippen molar-refractivity contribution in [3.8, 4) is 0 Å². The molecule has 4 nitrogen and oxygen atoms in total. The van der Waals surface area contributed by atoms with Gasteiger partial charge in [0, 0.05) is 13.2 Å². The summed E-state index contributed by atoms with van der Waals surface area (Å²) in [6.45, 7) is 0. The molecule has 0 amide bonds. The molecule has 68 valence electrons. The summed E-state index contributed by atoms with van der Waals surface area (Å²) >= 11 is 7.91. The lowest BCUT2D eigenvalue weighted by atomic mass is 10.4. The third-order valence-electron chi connectivity index (χ3n) is 1.78. The van der Waals surface area contributed by atoms with Crippen molar-refractivity contribution in [1.29, 1.82) is 0 Å². The molecule has 0 spiro atoms. The Morgan fingerprint density at radius 2 is 2.31 bits per heavy atom. The molecule has 13 heavy (non-hydrogen) atoms. The van der Waals surface area contributed by atoms with E-state index < -0.39 is 0 Å². The van der Waals surface area contributed by atoms with E-state index in [1.54, 1.807) is 16.0 Å². The summed E-state index contributed by atoms with van der Waals surface area (Å²) in [4.78, 5) is 15.7. The second kappa shape index (κ2) is 2.98. The number of nitrogens with zero attached hydrogens (tertiary/aromatic N) is 3. The normalized spacial score (nSPS) is 11.0. The van der Waals surface area contributed by atoms with Crippen LogP contribution in [0.25, 0.3) is 11.0 Å². The van der Waals surface area contributed by atoms with Crippen LogP contribution in [0.4, 0.5) is 0 Å². The van der Waals surface area contributed by atoms with Crippen molar-refractivity contribution in [3.63, 3.8) is 0 Å². The zero-order valence-electron chi connectivity index (χ0n) is 6.66. The average Bonchev–Trinajstić information content (AvgIpc) is 2.35. The Morgan fingerprint density at radius 1 is 1.62 bits per heavy atom. The predicted molar refractivity (Wildman–Crippen MR) is 59.4 cm³/mol. The molecule has 0 aromatic carbocycles. The summed E-state index contributed by atoms with van der Waals surface area (Å²) in [5.41, 5.74) is 0.485. The van der Waals surface area contributed by atoms with E-state index in [2.05, 4.69) is 4.98 Å². The second-order valence-corrected chi connectivity index (χ2v) is 4.09. The van der Waals surface area contributed by atoms with E-state index in [4.69, 9.17) is 11.6 Å². The highest BCUT2D eigenvalue weighted by Crippen LogP contribution is 2.22. The fraction of sp³-hybridized carbons (Fsp3) is 0.143. The first-order valence-corrected chi connectivity index (χ1v) is 4.84. The van der Waals surface area contributed by atoms with Gasteiger partial charge in [-0.3, -0.25) is 7.58 Å². The topological polar surface area (TPSA) is 39.8 Å². The SMILES string of the molecule is Cn1cnc2c(c(Cl)cn2I)c1=O. The molecule has 0 atom stereocenters. The quantitative estimate of drug-likeness (QED) is 0.693. The smallest absolute Gasteiger partial charge is 0.264 e. The molecular formula is C7H5ClIN3O. The van der Waals surface area contributed by atoms with Crippen LogP contribution in [0, 0.1) is 0 Å². The van der Waals surface area contributed by atoms with E-state index in [0.29, 0.717) is 16.1 Å². The van der Waals surface area contributed by atoms with Gasteiger partial charge in [-0.25, -0.2) is 4.98 Å². The summed E-state index contributed by atoms with van der Waals surface area (Å²) in [6.07, 6.45) is 3.15. The van der Waals surface area contributed by atoms with Gasteiger partial charge in [-0.2, -0.15) is 0 Å². The molecule has 0 aliphatic rings. The molecule has 6 heteroatoms. The first kappa shape index (κ1) is 9.01. The fourth-order valence-electron chi connectivity index (χ4n) is 1.13. The summed E-state index contributed by atoms with van der Waals surface area (Å²) in [5, 5.41) is 0.916. The monoisotopic (exact) mass is 309 g/mol. The van der Waals surface area contributed by atoms with Gasteiger partial charge in [0.25, 0.3) is 5.56 Å². The zero-order chi connectivity index (χ0) is 9.59. The van der Waals surface area contributed by atoms with Crippen LogP contribution in [0.5, 0.6) is 0 Å². The molecule has 0 saturated heterocycles. The minimum absolute atomic E-state index is 0.120. The molecule has 0 radical (unpaired) electrons. The number of rotatable bonds is 0. The second-order valence-electron chi connectivity index (χ2n) is 2.65. The number of aromatic nitrogens is 3. The molecule has 0 fully saturated rings. The number of aryl methyl sites for hydroxylation is 1. The molecule has 2 heterocycles. The van der Waals surface area contributed by atoms with Gasteiger partial charge in [0.15, 0.2) is 5.65 Å². The molecule has 0 N–H and O–H groups in total. The van der Waals surface area contributed by atoms with Crippen LogP contribution in [-0.2, 0) is 7.05 Å². The third kappa shape index (κ3) is 1.26. The summed E-state index contributed by atoms with van der Waals surface area (Å²) in [6, 6.07) is 0. The number of halogens is 2. The highest BCUT2D eigenvalue weighted by molar-refractivity contribution is 14.1. The van der Waals surface area contributed by atoms with Crippen LogP contribution in [0.15, 0.2) is 17.3 Å². The van der Waals surface area contributed by atoms with Crippen LogP contribution >= 0.6 is 34.5 Å². The van der Waals surface area contributed by atoms with Gasteiger partial charge in [-0.05, 0) is 0 Å². The highest BCUT2D eigenvalue weighted by Gasteiger charge is 2.10. The minimum Gasteiger partial charge on any atom is -0.302 e. The van der Waals surface area contributed by atoms with Gasteiger partial charge in [-0.15, -0.1) is 0 Å². The molecule has 2 rings (SSSR count). The van der Waals surface area contributed by atoms with Gasteiger partial charge in [0.1, 0.15) is 5.39 Å². The van der Waals surface area contributed by atoms with Crippen molar-refractivity contribution in [3.05, 3.63) is 27.9 Å². The lowest BCUT2D eigenvalue weighted by Crippen LogP contribution is -2.16. The van der Waals surface area contributed by atoms with Crippen molar-refractivity contribution in [1.82, 2.24) is 12.3 Å². The van der Waals surface area contributed by atoms with Gasteiger partial charge in [-0.1, -0.05) is 11.6 Å². The standard InChI is InChI=1S/C7H5ClIN3O/c1-11-3-10-6-5(7(11)13)4(8)2-12(6)9/h2-3H,1H3. The van der Waals surface area contributed by atoms with E-state index >= 15 is 0 Å². The largest absolute Gasteiger partial charge is 0.302 e. The maximum atomic E-state index is 11.6. The van der Waals surface area contributed by atoms with Crippen molar-refractivity contribution in [2.45, 2.75) is 0 Å². The van der Waals surface area contributed by atoms with Crippen molar-refractivity contribution in [2.24, 2.45) is 7.05 Å². The number of hydrogen-bond donors (Lipinski definition) is 0. The van der Waals surface area contributed by atoms with E-state index in [1.165, 1.54) is 10.9 Å². The average molecular weight is 309 g/mol. The Bertz CT molecular complexity index is 530. The van der Waals surface area contributed by atoms with Crippen LogP contribution < -0.4 is 5.56 Å². The lowest BCUT2D eigenvalue weighted by Gasteiger charge is -1.96. The van der Waals surface area contributed by atoms with Crippen LogP contribution in [0.2, 0.25) is 5.02 Å². The molecular weight excluding hydrogens is 304 g/mol. The predicted octanol–water partition coefficient (Wildman–Crippen LogP) is 1.59. The van der Waals surface area contributed by atoms with Gasteiger partial charge < -0.3 is 4.57 Å². The zero-order valence-corrected chi connectivity index (χ0v) is 9.57. The van der Waals surface area contributed by atoms with E-state index in [9.17, 15) is 4.79 Å². The van der Waals surface area contributed by atoms with Gasteiger partial charge >= 0.3 is 0 Å². The maximum Gasteiger partial charge on any atom is 0.264 e. The Labute approximate surface area is 92.6 Å². The Kier molecular flexibility index (Phi) is 2.07. The van der Waals surface area contributed by atoms with Crippen molar-refractivity contribution in [2.75, 3.05) is 0 Å². The maximum absolute atomic E-state index is 11.6. The molecule has 2 aromatic heterocycles. The number of hydrogen-bond acceptors (Lipinski definition) is 2. The number of fused-ring (bicyclic) bond motifs is 1. The molecule has 0 unspecified atom stereocenters. The molecule has 0 aliphatic carbocycles. The van der Waals surface area contributed by atoms with Crippen LogP contribution in [-0.4, -0.2) is 12.3 Å². The van der Waals surface area contributed by atoms with Gasteiger partial charge in [0.2, 0.25) is 0 Å². The highest BCUT2D eigenvalue weighted by atomic mass is 127. The summed E-state index contributed by atoms with van der Waals surface area (Å²) in [7, 11) is 1.65. The molecule has 0 bridgehead atoms. The van der Waals surface area contributed by atoms with E-state index in [-0.39, 0.29) is 5.56 Å². The first-order chi connectivity index (χ1) is 6.11. The Morgan fingerprint density at radius 3 is 3.00 bits per heavy atom. The summed E-state index contributed by atoms with van der Waals surface area (Å²) in [5.74, 6) is 0. The molecule has 0 saturated carbocycles. The Hall–Kier alpha value is -0.560. The van der Waals surface area contributed by atoms with E-state index in [1.807, 2.05) is 22.9 Å². The fourth-order valence-corrected chi connectivity index (χ4v) is 2.20. The minimum atomic E-state index is -0.120. The van der Waals surface area contributed by atoms with E-state index in [0.717, 1.165) is 0 Å².